The van der Waals surface area contributed by atoms with Crippen molar-refractivity contribution in [3.63, 3.8) is 0 Å². The molecule has 0 saturated carbocycles. The molecule has 2 atom stereocenters. The van der Waals surface area contributed by atoms with Gasteiger partial charge in [0.15, 0.2) is 4.34 Å². The van der Waals surface area contributed by atoms with Gasteiger partial charge in [0.05, 0.1) is 5.92 Å². The molecule has 0 spiro atoms. The number of carbonyl (C=O) groups is 1. The number of hydrogen-bond acceptors (Lipinski definition) is 5. The molecular formula is C16H22ClN3OS2. The normalized spacial score (nSPS) is 13.1. The Balaban J connectivity index is 0.00000264. The zero-order valence-electron chi connectivity index (χ0n) is 13.6. The lowest BCUT2D eigenvalue weighted by molar-refractivity contribution is -0.119. The van der Waals surface area contributed by atoms with Crippen LogP contribution in [0.5, 0.6) is 0 Å². The van der Waals surface area contributed by atoms with Gasteiger partial charge in [-0.15, -0.1) is 23.7 Å². The average Bonchev–Trinajstić information content (AvgIpc) is 2.86. The number of nitrogens with zero attached hydrogens (tertiary/aromatic N) is 1. The summed E-state index contributed by atoms with van der Waals surface area (Å²) in [7, 11) is 0. The van der Waals surface area contributed by atoms with Crippen molar-refractivity contribution < 1.29 is 4.79 Å². The predicted molar refractivity (Wildman–Crippen MR) is 101 cm³/mol. The molecule has 0 saturated heterocycles. The molecule has 4 nitrogen and oxygen atoms in total. The molecule has 1 amide bonds. The maximum Gasteiger partial charge on any atom is 0.228 e. The van der Waals surface area contributed by atoms with Crippen molar-refractivity contribution >= 4 is 47.1 Å². The SMILES string of the molecule is Cc1csc(Sc2ccc(NC(=O)C(C)C(C)N)c(C)c2)n1.Cl. The van der Waals surface area contributed by atoms with Gasteiger partial charge in [0, 0.05) is 27.7 Å². The molecule has 3 N–H and O–H groups in total. The summed E-state index contributed by atoms with van der Waals surface area (Å²) in [4.78, 5) is 17.6. The van der Waals surface area contributed by atoms with Crippen molar-refractivity contribution in [2.45, 2.75) is 43.0 Å². The van der Waals surface area contributed by atoms with Crippen LogP contribution in [0.4, 0.5) is 5.69 Å². The first-order valence-electron chi connectivity index (χ1n) is 7.14. The van der Waals surface area contributed by atoms with Gasteiger partial charge in [-0.1, -0.05) is 18.7 Å². The maximum atomic E-state index is 12.1. The molecule has 0 aliphatic rings. The van der Waals surface area contributed by atoms with E-state index in [-0.39, 0.29) is 30.3 Å². The van der Waals surface area contributed by atoms with Gasteiger partial charge in [0.25, 0.3) is 0 Å². The molecule has 23 heavy (non-hydrogen) atoms. The molecule has 0 bridgehead atoms. The standard InChI is InChI=1S/C16H21N3OS2.ClH/c1-9-7-13(22-16-18-10(2)8-21-16)5-6-14(9)19-15(20)11(3)12(4)17;/h5-8,11-12H,17H2,1-4H3,(H,19,20);1H. The van der Waals surface area contributed by atoms with Crippen LogP contribution in [0.2, 0.25) is 0 Å². The zero-order chi connectivity index (χ0) is 16.3. The van der Waals surface area contributed by atoms with Crippen LogP contribution >= 0.6 is 35.5 Å². The highest BCUT2D eigenvalue weighted by Crippen LogP contribution is 2.32. The van der Waals surface area contributed by atoms with Crippen LogP contribution in [-0.2, 0) is 4.79 Å². The van der Waals surface area contributed by atoms with Crippen LogP contribution in [-0.4, -0.2) is 16.9 Å². The summed E-state index contributed by atoms with van der Waals surface area (Å²) in [6, 6.07) is 5.83. The van der Waals surface area contributed by atoms with Crippen LogP contribution < -0.4 is 11.1 Å². The number of hydrogen-bond donors (Lipinski definition) is 2. The predicted octanol–water partition coefficient (Wildman–Crippen LogP) is 4.25. The molecule has 0 aliphatic carbocycles. The Morgan fingerprint density at radius 2 is 2.04 bits per heavy atom. The van der Waals surface area contributed by atoms with E-state index in [9.17, 15) is 4.79 Å². The lowest BCUT2D eigenvalue weighted by Crippen LogP contribution is -2.34. The number of halogens is 1. The van der Waals surface area contributed by atoms with Gasteiger partial charge in [0.1, 0.15) is 0 Å². The second-order valence-corrected chi connectivity index (χ2v) is 7.65. The smallest absolute Gasteiger partial charge is 0.228 e. The van der Waals surface area contributed by atoms with E-state index in [4.69, 9.17) is 5.73 Å². The van der Waals surface area contributed by atoms with E-state index in [2.05, 4.69) is 16.4 Å². The van der Waals surface area contributed by atoms with Crippen molar-refractivity contribution in [3.05, 3.63) is 34.8 Å². The number of anilines is 1. The van der Waals surface area contributed by atoms with Gasteiger partial charge < -0.3 is 11.1 Å². The number of nitrogens with one attached hydrogen (secondary N) is 1. The summed E-state index contributed by atoms with van der Waals surface area (Å²) in [6.45, 7) is 7.66. The number of benzene rings is 1. The Morgan fingerprint density at radius 3 is 2.57 bits per heavy atom. The van der Waals surface area contributed by atoms with Gasteiger partial charge in [-0.3, -0.25) is 4.79 Å². The lowest BCUT2D eigenvalue weighted by Gasteiger charge is -2.16. The Kier molecular flexibility index (Phi) is 7.54. The molecule has 0 aliphatic heterocycles. The summed E-state index contributed by atoms with van der Waals surface area (Å²) < 4.78 is 1.03. The third-order valence-corrected chi connectivity index (χ3v) is 5.51. The fraction of sp³-hybridized carbons (Fsp3) is 0.375. The number of rotatable bonds is 5. The number of aromatic nitrogens is 1. The highest BCUT2D eigenvalue weighted by molar-refractivity contribution is 8.01. The first-order valence-corrected chi connectivity index (χ1v) is 8.83. The Hall–Kier alpha value is -1.08. The summed E-state index contributed by atoms with van der Waals surface area (Å²) in [5.41, 5.74) is 8.67. The molecule has 1 aromatic carbocycles. The number of nitrogens with two attached hydrogens (primary N) is 1. The first-order chi connectivity index (χ1) is 10.4. The van der Waals surface area contributed by atoms with E-state index in [1.807, 2.05) is 45.2 Å². The van der Waals surface area contributed by atoms with Crippen molar-refractivity contribution in [3.8, 4) is 0 Å². The first kappa shape index (κ1) is 20.0. The summed E-state index contributed by atoms with van der Waals surface area (Å²) in [6.07, 6.45) is 0. The second kappa shape index (κ2) is 8.68. The molecule has 1 heterocycles. The fourth-order valence-electron chi connectivity index (χ4n) is 1.81. The van der Waals surface area contributed by atoms with Gasteiger partial charge in [-0.05, 0) is 44.5 Å². The van der Waals surface area contributed by atoms with Crippen molar-refractivity contribution in [1.82, 2.24) is 4.98 Å². The van der Waals surface area contributed by atoms with Gasteiger partial charge in [0.2, 0.25) is 5.91 Å². The molecule has 2 rings (SSSR count). The minimum Gasteiger partial charge on any atom is -0.327 e. The minimum atomic E-state index is -0.216. The van der Waals surface area contributed by atoms with E-state index in [0.717, 1.165) is 26.2 Å². The third-order valence-electron chi connectivity index (χ3n) is 3.46. The van der Waals surface area contributed by atoms with Gasteiger partial charge in [-0.2, -0.15) is 0 Å². The van der Waals surface area contributed by atoms with Crippen molar-refractivity contribution in [2.75, 3.05) is 5.32 Å². The molecule has 7 heteroatoms. The fourth-order valence-corrected chi connectivity index (χ4v) is 3.71. The van der Waals surface area contributed by atoms with Gasteiger partial charge >= 0.3 is 0 Å². The van der Waals surface area contributed by atoms with E-state index in [1.54, 1.807) is 23.1 Å². The van der Waals surface area contributed by atoms with Crippen LogP contribution in [0.3, 0.4) is 0 Å². The highest BCUT2D eigenvalue weighted by Gasteiger charge is 2.17. The molecule has 126 valence electrons. The van der Waals surface area contributed by atoms with Crippen LogP contribution in [0.15, 0.2) is 32.8 Å². The quantitative estimate of drug-likeness (QED) is 0.824. The number of thiazole rings is 1. The largest absolute Gasteiger partial charge is 0.327 e. The molecule has 2 aromatic rings. The molecule has 0 radical (unpaired) electrons. The van der Waals surface area contributed by atoms with Crippen LogP contribution in [0.25, 0.3) is 0 Å². The maximum absolute atomic E-state index is 12.1. The minimum absolute atomic E-state index is 0. The molecule has 2 unspecified atom stereocenters. The molecule has 0 fully saturated rings. The summed E-state index contributed by atoms with van der Waals surface area (Å²) in [5.74, 6) is -0.263. The highest BCUT2D eigenvalue weighted by atomic mass is 35.5. The van der Waals surface area contributed by atoms with Gasteiger partial charge in [-0.25, -0.2) is 4.98 Å². The Labute approximate surface area is 151 Å². The van der Waals surface area contributed by atoms with Crippen molar-refractivity contribution in [1.29, 1.82) is 0 Å². The summed E-state index contributed by atoms with van der Waals surface area (Å²) >= 11 is 3.28. The monoisotopic (exact) mass is 371 g/mol. The third kappa shape index (κ3) is 5.49. The second-order valence-electron chi connectivity index (χ2n) is 5.47. The lowest BCUT2D eigenvalue weighted by atomic mass is 10.0. The topological polar surface area (TPSA) is 68.0 Å². The van der Waals surface area contributed by atoms with E-state index in [1.165, 1.54) is 0 Å². The van der Waals surface area contributed by atoms with E-state index >= 15 is 0 Å². The number of amides is 1. The number of aryl methyl sites for hydroxylation is 2. The van der Waals surface area contributed by atoms with Crippen molar-refractivity contribution in [2.24, 2.45) is 11.7 Å². The van der Waals surface area contributed by atoms with E-state index < -0.39 is 0 Å². The molecular weight excluding hydrogens is 350 g/mol. The van der Waals surface area contributed by atoms with Crippen LogP contribution in [0.1, 0.15) is 25.1 Å². The molecule has 1 aromatic heterocycles. The average molecular weight is 372 g/mol. The summed E-state index contributed by atoms with van der Waals surface area (Å²) in [5, 5.41) is 4.99. The van der Waals surface area contributed by atoms with E-state index in [0.29, 0.717) is 0 Å². The Bertz CT molecular complexity index is 673. The number of carbonyl (C=O) groups excluding carboxylic acids is 1. The Morgan fingerprint density at radius 1 is 1.35 bits per heavy atom. The van der Waals surface area contributed by atoms with Crippen LogP contribution in [0, 0.1) is 19.8 Å². The zero-order valence-corrected chi connectivity index (χ0v) is 16.1.